The molecule has 0 bridgehead atoms. The van der Waals surface area contributed by atoms with E-state index < -0.39 is 0 Å². The quantitative estimate of drug-likeness (QED) is 0.865. The van der Waals surface area contributed by atoms with Crippen LogP contribution in [0.4, 0.5) is 14.9 Å². The van der Waals surface area contributed by atoms with Gasteiger partial charge in [0.05, 0.1) is 11.8 Å². The van der Waals surface area contributed by atoms with Crippen LogP contribution in [0.3, 0.4) is 0 Å². The van der Waals surface area contributed by atoms with E-state index in [0.29, 0.717) is 24.5 Å². The second kappa shape index (κ2) is 8.86. The molecule has 2 amide bonds. The van der Waals surface area contributed by atoms with Crippen molar-refractivity contribution in [2.75, 3.05) is 31.5 Å². The summed E-state index contributed by atoms with van der Waals surface area (Å²) in [5, 5.41) is 2.96. The lowest BCUT2D eigenvalue weighted by molar-refractivity contribution is 0.143. The van der Waals surface area contributed by atoms with E-state index in [1.165, 1.54) is 12.1 Å². The highest BCUT2D eigenvalue weighted by molar-refractivity contribution is 5.91. The molecule has 0 saturated carbocycles. The summed E-state index contributed by atoms with van der Waals surface area (Å²) in [6, 6.07) is 13.9. The van der Waals surface area contributed by atoms with Crippen molar-refractivity contribution >= 4 is 11.7 Å². The fraction of sp³-hybridized carbons (Fsp3) is 0.381. The van der Waals surface area contributed by atoms with Gasteiger partial charge in [-0.25, -0.2) is 9.18 Å². The fourth-order valence-corrected chi connectivity index (χ4v) is 3.08. The number of ether oxygens (including phenoxy) is 1. The molecule has 1 aliphatic heterocycles. The Bertz CT molecular complexity index is 756. The molecule has 6 heteroatoms. The largest absolute Gasteiger partial charge is 0.489 e. The highest BCUT2D eigenvalue weighted by Gasteiger charge is 2.22. The first-order chi connectivity index (χ1) is 13.0. The van der Waals surface area contributed by atoms with Crippen molar-refractivity contribution < 1.29 is 13.9 Å². The molecule has 144 valence electrons. The minimum Gasteiger partial charge on any atom is -0.489 e. The monoisotopic (exact) mass is 371 g/mol. The van der Waals surface area contributed by atoms with Gasteiger partial charge in [0.1, 0.15) is 11.6 Å². The van der Waals surface area contributed by atoms with Gasteiger partial charge in [-0.15, -0.1) is 0 Å². The normalized spacial score (nSPS) is 15.0. The van der Waals surface area contributed by atoms with Gasteiger partial charge in [0.15, 0.2) is 0 Å². The number of anilines is 1. The lowest BCUT2D eigenvalue weighted by Crippen LogP contribution is -2.49. The van der Waals surface area contributed by atoms with Crippen molar-refractivity contribution in [2.45, 2.75) is 26.5 Å². The summed E-state index contributed by atoms with van der Waals surface area (Å²) in [7, 11) is 0. The number of carbonyl (C=O) groups is 1. The van der Waals surface area contributed by atoms with Gasteiger partial charge in [0, 0.05) is 32.7 Å². The first-order valence-electron chi connectivity index (χ1n) is 9.29. The highest BCUT2D eigenvalue weighted by atomic mass is 19.1. The second-order valence-corrected chi connectivity index (χ2v) is 6.98. The van der Waals surface area contributed by atoms with Crippen LogP contribution in [0.25, 0.3) is 0 Å². The minimum absolute atomic E-state index is 0.0399. The molecule has 3 rings (SSSR count). The second-order valence-electron chi connectivity index (χ2n) is 6.98. The molecule has 0 aromatic heterocycles. The summed E-state index contributed by atoms with van der Waals surface area (Å²) in [5.74, 6) is 0.456. The van der Waals surface area contributed by atoms with Crippen molar-refractivity contribution in [3.05, 3.63) is 59.9 Å². The number of para-hydroxylation sites is 2. The number of amides is 2. The van der Waals surface area contributed by atoms with Crippen LogP contribution in [0, 0.1) is 5.82 Å². The standard InChI is InChI=1S/C21H26FN3O2/c1-16(2)27-20-6-4-3-5-19(20)23-21(26)25-13-11-24(12-14-25)15-17-7-9-18(22)10-8-17/h3-10,16H,11-15H2,1-2H3,(H,23,26). The number of piperazine rings is 1. The first-order valence-corrected chi connectivity index (χ1v) is 9.29. The molecule has 1 aliphatic rings. The zero-order valence-corrected chi connectivity index (χ0v) is 15.8. The SMILES string of the molecule is CC(C)Oc1ccccc1NC(=O)N1CCN(Cc2ccc(F)cc2)CC1. The third-order valence-electron chi connectivity index (χ3n) is 4.47. The van der Waals surface area contributed by atoms with E-state index in [2.05, 4.69) is 10.2 Å². The van der Waals surface area contributed by atoms with E-state index in [1.54, 1.807) is 12.1 Å². The lowest BCUT2D eigenvalue weighted by Gasteiger charge is -2.34. The van der Waals surface area contributed by atoms with E-state index in [0.717, 1.165) is 25.2 Å². The number of halogens is 1. The fourth-order valence-electron chi connectivity index (χ4n) is 3.08. The summed E-state index contributed by atoms with van der Waals surface area (Å²) in [4.78, 5) is 16.7. The van der Waals surface area contributed by atoms with Crippen LogP contribution in [0.5, 0.6) is 5.75 Å². The molecule has 0 radical (unpaired) electrons. The summed E-state index contributed by atoms with van der Waals surface area (Å²) in [5.41, 5.74) is 1.76. The van der Waals surface area contributed by atoms with Gasteiger partial charge in [-0.05, 0) is 43.7 Å². The molecule has 0 spiro atoms. The zero-order valence-electron chi connectivity index (χ0n) is 15.8. The summed E-state index contributed by atoms with van der Waals surface area (Å²) in [6.07, 6.45) is 0.0399. The molecular weight excluding hydrogens is 345 g/mol. The molecule has 1 saturated heterocycles. The molecular formula is C21H26FN3O2. The van der Waals surface area contributed by atoms with Crippen LogP contribution < -0.4 is 10.1 Å². The Morgan fingerprint density at radius 1 is 1.07 bits per heavy atom. The van der Waals surface area contributed by atoms with Crippen molar-refractivity contribution in [3.63, 3.8) is 0 Å². The van der Waals surface area contributed by atoms with Gasteiger partial charge in [0.25, 0.3) is 0 Å². The summed E-state index contributed by atoms with van der Waals surface area (Å²) in [6.45, 7) is 7.56. The van der Waals surface area contributed by atoms with E-state index in [-0.39, 0.29) is 18.0 Å². The number of rotatable bonds is 5. The number of hydrogen-bond donors (Lipinski definition) is 1. The van der Waals surface area contributed by atoms with Crippen LogP contribution >= 0.6 is 0 Å². The predicted molar refractivity (Wildman–Crippen MR) is 104 cm³/mol. The highest BCUT2D eigenvalue weighted by Crippen LogP contribution is 2.25. The van der Waals surface area contributed by atoms with Gasteiger partial charge in [0.2, 0.25) is 0 Å². The summed E-state index contributed by atoms with van der Waals surface area (Å²) < 4.78 is 18.8. The zero-order chi connectivity index (χ0) is 19.2. The Labute approximate surface area is 159 Å². The lowest BCUT2D eigenvalue weighted by atomic mass is 10.2. The molecule has 0 aliphatic carbocycles. The maximum Gasteiger partial charge on any atom is 0.322 e. The maximum absolute atomic E-state index is 13.0. The van der Waals surface area contributed by atoms with Gasteiger partial charge < -0.3 is 15.0 Å². The number of urea groups is 1. The Morgan fingerprint density at radius 2 is 1.74 bits per heavy atom. The van der Waals surface area contributed by atoms with Gasteiger partial charge in [-0.1, -0.05) is 24.3 Å². The third-order valence-corrected chi connectivity index (χ3v) is 4.47. The van der Waals surface area contributed by atoms with Crippen molar-refractivity contribution in [2.24, 2.45) is 0 Å². The van der Waals surface area contributed by atoms with Gasteiger partial charge in [-0.3, -0.25) is 4.90 Å². The van der Waals surface area contributed by atoms with Gasteiger partial charge in [-0.2, -0.15) is 0 Å². The third kappa shape index (κ3) is 5.44. The molecule has 0 atom stereocenters. The van der Waals surface area contributed by atoms with Crippen LogP contribution in [0.15, 0.2) is 48.5 Å². The van der Waals surface area contributed by atoms with E-state index in [4.69, 9.17) is 4.74 Å². The minimum atomic E-state index is -0.220. The van der Waals surface area contributed by atoms with Crippen molar-refractivity contribution in [3.8, 4) is 5.75 Å². The van der Waals surface area contributed by atoms with E-state index in [1.807, 2.05) is 43.0 Å². The molecule has 2 aromatic carbocycles. The number of nitrogens with zero attached hydrogens (tertiary/aromatic N) is 2. The average molecular weight is 371 g/mol. The topological polar surface area (TPSA) is 44.8 Å². The number of nitrogens with one attached hydrogen (secondary N) is 1. The Kier molecular flexibility index (Phi) is 6.29. The van der Waals surface area contributed by atoms with E-state index in [9.17, 15) is 9.18 Å². The molecule has 1 heterocycles. The van der Waals surface area contributed by atoms with Crippen LogP contribution in [0.2, 0.25) is 0 Å². The van der Waals surface area contributed by atoms with E-state index >= 15 is 0 Å². The Hall–Kier alpha value is -2.60. The predicted octanol–water partition coefficient (Wildman–Crippen LogP) is 3.96. The molecule has 2 aromatic rings. The Morgan fingerprint density at radius 3 is 2.41 bits per heavy atom. The van der Waals surface area contributed by atoms with Crippen LogP contribution in [-0.2, 0) is 6.54 Å². The Balaban J connectivity index is 1.52. The molecule has 0 unspecified atom stereocenters. The first kappa shape index (κ1) is 19.2. The number of carbonyl (C=O) groups excluding carboxylic acids is 1. The summed E-state index contributed by atoms with van der Waals surface area (Å²) >= 11 is 0. The smallest absolute Gasteiger partial charge is 0.322 e. The van der Waals surface area contributed by atoms with Crippen LogP contribution in [0.1, 0.15) is 19.4 Å². The molecule has 5 nitrogen and oxygen atoms in total. The van der Waals surface area contributed by atoms with Crippen LogP contribution in [-0.4, -0.2) is 48.1 Å². The van der Waals surface area contributed by atoms with Crippen molar-refractivity contribution in [1.29, 1.82) is 0 Å². The molecule has 27 heavy (non-hydrogen) atoms. The molecule has 1 N–H and O–H groups in total. The maximum atomic E-state index is 13.0. The number of benzene rings is 2. The average Bonchev–Trinajstić information content (AvgIpc) is 2.65. The molecule has 1 fully saturated rings. The van der Waals surface area contributed by atoms with Crippen molar-refractivity contribution in [1.82, 2.24) is 9.80 Å². The van der Waals surface area contributed by atoms with Gasteiger partial charge >= 0.3 is 6.03 Å². The number of hydrogen-bond acceptors (Lipinski definition) is 3.